The zero-order chi connectivity index (χ0) is 28.9. The van der Waals surface area contributed by atoms with Gasteiger partial charge in [-0.25, -0.2) is 0 Å². The number of ether oxygens (including phenoxy) is 1. The Kier molecular flexibility index (Phi) is 9.15. The molecular formula is C32H36ClN3O4. The van der Waals surface area contributed by atoms with Crippen LogP contribution < -0.4 is 15.4 Å². The molecule has 7 nitrogen and oxygen atoms in total. The lowest BCUT2D eigenvalue weighted by Crippen LogP contribution is -2.32. The van der Waals surface area contributed by atoms with E-state index in [1.165, 1.54) is 0 Å². The summed E-state index contributed by atoms with van der Waals surface area (Å²) in [5.74, 6) is 0.327. The number of fused-ring (bicyclic) bond motifs is 1. The molecule has 40 heavy (non-hydrogen) atoms. The van der Waals surface area contributed by atoms with Gasteiger partial charge >= 0.3 is 0 Å². The molecule has 2 N–H and O–H groups in total. The number of hydrogen-bond donors (Lipinski definition) is 2. The Hall–Kier alpha value is -3.84. The fourth-order valence-corrected chi connectivity index (χ4v) is 5.05. The maximum absolute atomic E-state index is 13.5. The lowest BCUT2D eigenvalue weighted by molar-refractivity contribution is -0.120. The Morgan fingerprint density at radius 1 is 1.02 bits per heavy atom. The summed E-state index contributed by atoms with van der Waals surface area (Å²) < 4.78 is 7.07. The Labute approximate surface area is 240 Å². The molecule has 1 aromatic heterocycles. The van der Waals surface area contributed by atoms with E-state index in [0.717, 1.165) is 29.4 Å². The van der Waals surface area contributed by atoms with E-state index >= 15 is 0 Å². The first-order valence-electron chi connectivity index (χ1n) is 13.5. The largest absolute Gasteiger partial charge is 0.497 e. The fourth-order valence-electron chi connectivity index (χ4n) is 4.93. The Morgan fingerprint density at radius 2 is 1.73 bits per heavy atom. The zero-order valence-corrected chi connectivity index (χ0v) is 24.2. The Balaban J connectivity index is 1.41. The molecule has 3 aromatic rings. The monoisotopic (exact) mass is 561 g/mol. The van der Waals surface area contributed by atoms with Gasteiger partial charge in [-0.05, 0) is 79.6 Å². The third-order valence-electron chi connectivity index (χ3n) is 7.45. The van der Waals surface area contributed by atoms with Crippen molar-refractivity contribution in [2.45, 2.75) is 46.5 Å². The van der Waals surface area contributed by atoms with Crippen LogP contribution in [0.25, 0.3) is 10.9 Å². The maximum Gasteiger partial charge on any atom is 0.262 e. The van der Waals surface area contributed by atoms with Crippen molar-refractivity contribution >= 4 is 40.2 Å². The molecule has 1 aliphatic rings. The molecule has 0 aliphatic heterocycles. The molecule has 0 saturated heterocycles. The molecular weight excluding hydrogens is 526 g/mol. The summed E-state index contributed by atoms with van der Waals surface area (Å²) in [6.07, 6.45) is 8.09. The Morgan fingerprint density at radius 3 is 2.38 bits per heavy atom. The maximum atomic E-state index is 13.5. The van der Waals surface area contributed by atoms with Gasteiger partial charge in [-0.3, -0.25) is 19.0 Å². The van der Waals surface area contributed by atoms with Crippen molar-refractivity contribution in [2.75, 3.05) is 20.2 Å². The molecule has 2 aromatic carbocycles. The molecule has 2 amide bonds. The van der Waals surface area contributed by atoms with Gasteiger partial charge in [-0.15, -0.1) is 0 Å². The Bertz CT molecular complexity index is 1480. The highest BCUT2D eigenvalue weighted by molar-refractivity contribution is 6.30. The summed E-state index contributed by atoms with van der Waals surface area (Å²) in [5, 5.41) is 7.39. The number of carbonyl (C=O) groups excluding carboxylic acids is 3. The van der Waals surface area contributed by atoms with E-state index in [1.54, 1.807) is 35.9 Å². The highest BCUT2D eigenvalue weighted by Gasteiger charge is 2.23. The van der Waals surface area contributed by atoms with Crippen LogP contribution in [-0.2, 0) is 16.0 Å². The first kappa shape index (κ1) is 29.2. The highest BCUT2D eigenvalue weighted by atomic mass is 35.5. The van der Waals surface area contributed by atoms with Crippen molar-refractivity contribution in [3.05, 3.63) is 88.1 Å². The molecule has 1 aliphatic carbocycles. The molecule has 0 fully saturated rings. The molecule has 0 unspecified atom stereocenters. The van der Waals surface area contributed by atoms with Gasteiger partial charge in [0, 0.05) is 40.3 Å². The number of hydrogen-bond acceptors (Lipinski definition) is 4. The summed E-state index contributed by atoms with van der Waals surface area (Å²) in [4.78, 5) is 38.7. The van der Waals surface area contributed by atoms with E-state index in [9.17, 15) is 14.4 Å². The summed E-state index contributed by atoms with van der Waals surface area (Å²) in [6, 6.07) is 12.3. The van der Waals surface area contributed by atoms with Crippen LogP contribution >= 0.6 is 11.6 Å². The van der Waals surface area contributed by atoms with E-state index in [2.05, 4.69) is 24.5 Å². The standard InChI is InChI=1S/C32H36ClN3O4/c1-21-26(20-29(37)34-17-15-32(2,3)16-18-35-30(38)22-7-5-6-8-22)27-19-25(40-4)13-14-28(27)36(21)31(39)23-9-11-24(33)12-10-23/h5-7,9-14,19H,8,15-18,20H2,1-4H3,(H,34,37)(H,35,38). The number of benzene rings is 2. The summed E-state index contributed by atoms with van der Waals surface area (Å²) in [6.45, 7) is 7.22. The summed E-state index contributed by atoms with van der Waals surface area (Å²) in [7, 11) is 1.59. The van der Waals surface area contributed by atoms with Crippen molar-refractivity contribution < 1.29 is 19.1 Å². The van der Waals surface area contributed by atoms with Crippen molar-refractivity contribution in [1.82, 2.24) is 15.2 Å². The van der Waals surface area contributed by atoms with Crippen LogP contribution in [0, 0.1) is 12.3 Å². The predicted octanol–water partition coefficient (Wildman–Crippen LogP) is 5.77. The van der Waals surface area contributed by atoms with E-state index in [4.69, 9.17) is 16.3 Å². The second kappa shape index (κ2) is 12.6. The minimum Gasteiger partial charge on any atom is -0.497 e. The molecule has 210 valence electrons. The minimum atomic E-state index is -0.190. The van der Waals surface area contributed by atoms with Crippen molar-refractivity contribution in [2.24, 2.45) is 5.41 Å². The predicted molar refractivity (Wildman–Crippen MR) is 159 cm³/mol. The van der Waals surface area contributed by atoms with Gasteiger partial charge in [0.2, 0.25) is 11.8 Å². The third-order valence-corrected chi connectivity index (χ3v) is 7.70. The van der Waals surface area contributed by atoms with Crippen molar-refractivity contribution in [3.63, 3.8) is 0 Å². The number of amides is 2. The van der Waals surface area contributed by atoms with Crippen LogP contribution in [0.5, 0.6) is 5.75 Å². The first-order chi connectivity index (χ1) is 19.1. The van der Waals surface area contributed by atoms with Crippen LogP contribution in [0.2, 0.25) is 5.02 Å². The van der Waals surface area contributed by atoms with Gasteiger partial charge in [0.15, 0.2) is 0 Å². The molecule has 0 bridgehead atoms. The quantitative estimate of drug-likeness (QED) is 0.311. The van der Waals surface area contributed by atoms with Gasteiger partial charge in [-0.1, -0.05) is 43.7 Å². The van der Waals surface area contributed by atoms with E-state index in [0.29, 0.717) is 47.1 Å². The van der Waals surface area contributed by atoms with E-state index in [-0.39, 0.29) is 29.6 Å². The number of halogens is 1. The molecule has 0 radical (unpaired) electrons. The van der Waals surface area contributed by atoms with Gasteiger partial charge < -0.3 is 15.4 Å². The van der Waals surface area contributed by atoms with Gasteiger partial charge in [0.05, 0.1) is 19.0 Å². The average molecular weight is 562 g/mol. The van der Waals surface area contributed by atoms with Crippen LogP contribution in [-0.4, -0.2) is 42.5 Å². The average Bonchev–Trinajstić information content (AvgIpc) is 3.55. The van der Waals surface area contributed by atoms with E-state index < -0.39 is 0 Å². The zero-order valence-electron chi connectivity index (χ0n) is 23.5. The first-order valence-corrected chi connectivity index (χ1v) is 13.9. The lowest BCUT2D eigenvalue weighted by atomic mass is 9.85. The van der Waals surface area contributed by atoms with E-state index in [1.807, 2.05) is 43.4 Å². The van der Waals surface area contributed by atoms with Crippen LogP contribution in [0.4, 0.5) is 0 Å². The van der Waals surface area contributed by atoms with Crippen molar-refractivity contribution in [1.29, 1.82) is 0 Å². The number of nitrogens with zero attached hydrogens (tertiary/aromatic N) is 1. The number of allylic oxidation sites excluding steroid dienone is 3. The summed E-state index contributed by atoms with van der Waals surface area (Å²) in [5.41, 5.74) is 3.44. The van der Waals surface area contributed by atoms with Gasteiger partial charge in [0.1, 0.15) is 5.75 Å². The topological polar surface area (TPSA) is 89.4 Å². The molecule has 1 heterocycles. The van der Waals surface area contributed by atoms with Crippen LogP contribution in [0.1, 0.15) is 54.7 Å². The normalized spacial score (nSPS) is 12.9. The molecule has 8 heteroatoms. The number of nitrogens with one attached hydrogen (secondary N) is 2. The second-order valence-electron chi connectivity index (χ2n) is 10.9. The van der Waals surface area contributed by atoms with Crippen molar-refractivity contribution in [3.8, 4) is 5.75 Å². The summed E-state index contributed by atoms with van der Waals surface area (Å²) >= 11 is 6.02. The number of aromatic nitrogens is 1. The SMILES string of the molecule is COc1ccc2c(c1)c(CC(=O)NCCC(C)(C)CCNC(=O)C1=CC=CC1)c(C)n2C(=O)c1ccc(Cl)cc1. The van der Waals surface area contributed by atoms with Crippen LogP contribution in [0.15, 0.2) is 66.3 Å². The molecule has 0 spiro atoms. The molecule has 0 atom stereocenters. The fraction of sp³-hybridized carbons (Fsp3) is 0.344. The smallest absolute Gasteiger partial charge is 0.262 e. The number of rotatable bonds is 11. The molecule has 4 rings (SSSR count). The van der Waals surface area contributed by atoms with Gasteiger partial charge in [-0.2, -0.15) is 0 Å². The minimum absolute atomic E-state index is 0.0187. The lowest BCUT2D eigenvalue weighted by Gasteiger charge is -2.25. The third kappa shape index (κ3) is 6.83. The number of methoxy groups -OCH3 is 1. The molecule has 0 saturated carbocycles. The van der Waals surface area contributed by atoms with Crippen LogP contribution in [0.3, 0.4) is 0 Å². The van der Waals surface area contributed by atoms with Gasteiger partial charge in [0.25, 0.3) is 5.91 Å². The highest BCUT2D eigenvalue weighted by Crippen LogP contribution is 2.31. The number of carbonyl (C=O) groups is 3. The second-order valence-corrected chi connectivity index (χ2v) is 11.3.